The maximum absolute atomic E-state index is 13.1. The quantitative estimate of drug-likeness (QED) is 0.518. The van der Waals surface area contributed by atoms with Crippen molar-refractivity contribution in [2.24, 2.45) is 0 Å². The van der Waals surface area contributed by atoms with Crippen LogP contribution in [0.1, 0.15) is 19.3 Å². The number of amides is 1. The van der Waals surface area contributed by atoms with Gasteiger partial charge in [-0.15, -0.1) is 13.2 Å². The number of nitrogens with one attached hydrogen (secondary N) is 1. The summed E-state index contributed by atoms with van der Waals surface area (Å²) >= 11 is 6.35. The van der Waals surface area contributed by atoms with Crippen molar-refractivity contribution in [2.45, 2.75) is 37.9 Å². The highest BCUT2D eigenvalue weighted by Crippen LogP contribution is 2.38. The van der Waals surface area contributed by atoms with E-state index in [0.717, 1.165) is 23.4 Å². The van der Waals surface area contributed by atoms with E-state index in [4.69, 9.17) is 11.6 Å². The fourth-order valence-electron chi connectivity index (χ4n) is 4.00. The first kappa shape index (κ1) is 28.2. The van der Waals surface area contributed by atoms with E-state index in [2.05, 4.69) is 10.1 Å². The number of benzene rings is 2. The second kappa shape index (κ2) is 11.3. The van der Waals surface area contributed by atoms with Crippen molar-refractivity contribution >= 4 is 33.2 Å². The lowest BCUT2D eigenvalue weighted by molar-refractivity contribution is -0.274. The van der Waals surface area contributed by atoms with Crippen molar-refractivity contribution in [2.75, 3.05) is 31.7 Å². The predicted molar refractivity (Wildman–Crippen MR) is 130 cm³/mol. The van der Waals surface area contributed by atoms with Crippen LogP contribution in [0.5, 0.6) is 5.75 Å². The van der Waals surface area contributed by atoms with Crippen LogP contribution in [0.2, 0.25) is 5.02 Å². The number of nitrogens with zero attached hydrogens (tertiary/aromatic N) is 2. The van der Waals surface area contributed by atoms with Gasteiger partial charge in [-0.3, -0.25) is 9.69 Å². The molecule has 1 saturated heterocycles. The van der Waals surface area contributed by atoms with E-state index in [1.807, 2.05) is 0 Å². The number of alkyl halides is 3. The summed E-state index contributed by atoms with van der Waals surface area (Å²) < 4.78 is 66.9. The highest BCUT2D eigenvalue weighted by molar-refractivity contribution is 7.88. The number of rotatable bonds is 8. The molecular formula is C23H27ClF3N3O5S. The molecule has 0 saturated carbocycles. The van der Waals surface area contributed by atoms with Crippen LogP contribution in [0.3, 0.4) is 0 Å². The molecule has 0 aliphatic carbocycles. The lowest BCUT2D eigenvalue weighted by Gasteiger charge is -2.38. The largest absolute Gasteiger partial charge is 0.573 e. The molecule has 1 amide bonds. The summed E-state index contributed by atoms with van der Waals surface area (Å²) in [7, 11) is -2.16. The fraction of sp³-hybridized carbons (Fsp3) is 0.435. The van der Waals surface area contributed by atoms with Crippen LogP contribution < -0.4 is 10.1 Å². The van der Waals surface area contributed by atoms with E-state index in [0.29, 0.717) is 18.7 Å². The molecule has 2 N–H and O–H groups in total. The minimum atomic E-state index is -4.87. The summed E-state index contributed by atoms with van der Waals surface area (Å²) in [6, 6.07) is 9.27. The number of carbonyl (C=O) groups is 1. The molecule has 2 atom stereocenters. The third-order valence-electron chi connectivity index (χ3n) is 5.86. The predicted octanol–water partition coefficient (Wildman–Crippen LogP) is 3.91. The number of hydrogen-bond donors (Lipinski definition) is 2. The third-order valence-corrected chi connectivity index (χ3v) is 7.45. The van der Waals surface area contributed by atoms with Gasteiger partial charge in [0.15, 0.2) is 0 Å². The number of piperidine rings is 1. The van der Waals surface area contributed by atoms with Gasteiger partial charge in [-0.1, -0.05) is 42.3 Å². The SMILES string of the molecule is CN(CC(O)N1CCCCC1C(=O)Nc1ccc(-c2ccccc2OC(F)(F)F)c(Cl)c1)S(C)(=O)=O. The number of likely N-dealkylation sites (N-methyl/N-ethyl adjacent to an activating group) is 1. The second-order valence-corrected chi connectivity index (χ2v) is 11.0. The maximum Gasteiger partial charge on any atom is 0.573 e. The average molecular weight is 550 g/mol. The smallest absolute Gasteiger partial charge is 0.405 e. The van der Waals surface area contributed by atoms with Crippen molar-refractivity contribution < 1.29 is 36.2 Å². The highest BCUT2D eigenvalue weighted by atomic mass is 35.5. The Morgan fingerprint density at radius 1 is 1.25 bits per heavy atom. The van der Waals surface area contributed by atoms with E-state index in [-0.39, 0.29) is 22.7 Å². The summed E-state index contributed by atoms with van der Waals surface area (Å²) in [6.07, 6.45) is -3.08. The highest BCUT2D eigenvalue weighted by Gasteiger charge is 2.35. The molecule has 1 aliphatic heterocycles. The third kappa shape index (κ3) is 7.32. The Kier molecular flexibility index (Phi) is 8.88. The number of aliphatic hydroxyl groups excluding tert-OH is 1. The zero-order chi connectivity index (χ0) is 26.7. The van der Waals surface area contributed by atoms with Gasteiger partial charge in [0.1, 0.15) is 12.0 Å². The number of hydrogen-bond acceptors (Lipinski definition) is 6. The fourth-order valence-corrected chi connectivity index (χ4v) is 4.69. The van der Waals surface area contributed by atoms with Gasteiger partial charge >= 0.3 is 6.36 Å². The Balaban J connectivity index is 1.76. The number of ether oxygens (including phenoxy) is 1. The Morgan fingerprint density at radius 2 is 1.94 bits per heavy atom. The Morgan fingerprint density at radius 3 is 2.58 bits per heavy atom. The zero-order valence-corrected chi connectivity index (χ0v) is 21.2. The summed E-state index contributed by atoms with van der Waals surface area (Å²) in [5.41, 5.74) is 0.735. The van der Waals surface area contributed by atoms with Crippen LogP contribution in [-0.4, -0.2) is 73.7 Å². The number of aliphatic hydroxyl groups is 1. The molecule has 0 bridgehead atoms. The molecule has 0 radical (unpaired) electrons. The van der Waals surface area contributed by atoms with Crippen molar-refractivity contribution in [3.63, 3.8) is 0 Å². The lowest BCUT2D eigenvalue weighted by atomic mass is 10.0. The van der Waals surface area contributed by atoms with Crippen LogP contribution in [0.15, 0.2) is 42.5 Å². The molecule has 0 aromatic heterocycles. The van der Waals surface area contributed by atoms with Gasteiger partial charge in [0.05, 0.1) is 23.9 Å². The van der Waals surface area contributed by atoms with Crippen molar-refractivity contribution in [1.82, 2.24) is 9.21 Å². The van der Waals surface area contributed by atoms with Crippen molar-refractivity contribution in [1.29, 1.82) is 0 Å². The summed E-state index contributed by atoms with van der Waals surface area (Å²) in [5, 5.41) is 13.5. The summed E-state index contributed by atoms with van der Waals surface area (Å²) in [4.78, 5) is 14.6. The van der Waals surface area contributed by atoms with Crippen molar-refractivity contribution in [3.8, 4) is 16.9 Å². The molecule has 1 fully saturated rings. The minimum Gasteiger partial charge on any atom is -0.405 e. The molecule has 0 spiro atoms. The molecule has 198 valence electrons. The summed E-state index contributed by atoms with van der Waals surface area (Å²) in [6.45, 7) is 0.217. The van der Waals surface area contributed by atoms with Crippen molar-refractivity contribution in [3.05, 3.63) is 47.5 Å². The van der Waals surface area contributed by atoms with E-state index in [9.17, 15) is 31.5 Å². The topological polar surface area (TPSA) is 99.2 Å². The molecule has 8 nitrogen and oxygen atoms in total. The first-order valence-corrected chi connectivity index (χ1v) is 13.3. The van der Waals surface area contributed by atoms with Gasteiger partial charge in [-0.2, -0.15) is 0 Å². The first-order chi connectivity index (χ1) is 16.8. The molecule has 2 aromatic carbocycles. The number of anilines is 1. The van der Waals surface area contributed by atoms with E-state index in [1.165, 1.54) is 43.4 Å². The van der Waals surface area contributed by atoms with Gasteiger partial charge in [0, 0.05) is 30.4 Å². The number of carbonyl (C=O) groups excluding carboxylic acids is 1. The van der Waals surface area contributed by atoms with Crippen LogP contribution in [0.4, 0.5) is 18.9 Å². The molecule has 2 aromatic rings. The van der Waals surface area contributed by atoms with Gasteiger partial charge in [-0.25, -0.2) is 12.7 Å². The summed E-state index contributed by atoms with van der Waals surface area (Å²) in [5.74, 6) is -0.824. The Bertz CT molecular complexity index is 1200. The van der Waals surface area contributed by atoms with Gasteiger partial charge in [-0.05, 0) is 31.0 Å². The normalized spacial score (nSPS) is 18.2. The lowest BCUT2D eigenvalue weighted by Crippen LogP contribution is -2.55. The van der Waals surface area contributed by atoms with E-state index >= 15 is 0 Å². The zero-order valence-electron chi connectivity index (χ0n) is 19.6. The van der Waals surface area contributed by atoms with Gasteiger partial charge < -0.3 is 15.2 Å². The van der Waals surface area contributed by atoms with Crippen LogP contribution >= 0.6 is 11.6 Å². The molecule has 1 heterocycles. The molecule has 13 heteroatoms. The molecule has 2 unspecified atom stereocenters. The molecular weight excluding hydrogens is 523 g/mol. The van der Waals surface area contributed by atoms with Gasteiger partial charge in [0.25, 0.3) is 0 Å². The molecule has 1 aliphatic rings. The second-order valence-electron chi connectivity index (χ2n) is 8.50. The average Bonchev–Trinajstić information content (AvgIpc) is 2.78. The van der Waals surface area contributed by atoms with Crippen LogP contribution in [-0.2, 0) is 14.8 Å². The molecule has 3 rings (SSSR count). The number of para-hydroxylation sites is 1. The monoisotopic (exact) mass is 549 g/mol. The minimum absolute atomic E-state index is 0.0985. The Hall–Kier alpha value is -2.38. The standard InChI is InChI=1S/C23H27ClF3N3O5S/c1-29(36(2,33)34)14-21(31)30-12-6-5-8-19(30)22(32)28-15-10-11-16(18(24)13-15)17-7-3-4-9-20(17)35-23(25,26)27/h3-4,7,9-11,13,19,21,31H,5-6,8,12,14H2,1-2H3,(H,28,32). The Labute approximate surface area is 212 Å². The van der Waals surface area contributed by atoms with E-state index in [1.54, 1.807) is 11.0 Å². The van der Waals surface area contributed by atoms with Crippen LogP contribution in [0, 0.1) is 0 Å². The number of sulfonamides is 1. The van der Waals surface area contributed by atoms with E-state index < -0.39 is 40.3 Å². The maximum atomic E-state index is 13.1. The first-order valence-electron chi connectivity index (χ1n) is 11.1. The van der Waals surface area contributed by atoms with Gasteiger partial charge in [0.2, 0.25) is 15.9 Å². The van der Waals surface area contributed by atoms with Crippen LogP contribution in [0.25, 0.3) is 11.1 Å². The molecule has 36 heavy (non-hydrogen) atoms. The number of likely N-dealkylation sites (tertiary alicyclic amines) is 1. The number of halogens is 4.